The Labute approximate surface area is 209 Å². The Morgan fingerprint density at radius 1 is 0.853 bits per heavy atom. The first kappa shape index (κ1) is 23.5. The minimum Gasteiger partial charge on any atom is -0.320 e. The van der Waals surface area contributed by atoms with Crippen LogP contribution in [0.1, 0.15) is 21.6 Å². The molecule has 0 aliphatic heterocycles. The average molecular weight is 540 g/mol. The van der Waals surface area contributed by atoms with E-state index in [9.17, 15) is 14.4 Å². The van der Waals surface area contributed by atoms with Gasteiger partial charge in [-0.3, -0.25) is 19.8 Å². The lowest BCUT2D eigenvalue weighted by Crippen LogP contribution is -2.36. The first-order valence-corrected chi connectivity index (χ1v) is 11.5. The minimum absolute atomic E-state index is 0.126. The van der Waals surface area contributed by atoms with Crippen LogP contribution >= 0.6 is 27.5 Å². The van der Waals surface area contributed by atoms with Gasteiger partial charge in [-0.15, -0.1) is 0 Å². The standard InChI is InChI=1S/C25H20BrClN4O3/c1-14-4-3-5-18(10-14)28-24(33)25(34)30-31-21-9-7-17(27)12-16(21)13-22(31)23(32)29-20-8-6-15(2)11-19(20)26/h3-13H,1-2H3,(H,28,33)(H,29,32)(H,30,34). The summed E-state index contributed by atoms with van der Waals surface area (Å²) in [7, 11) is 0. The molecule has 7 nitrogen and oxygen atoms in total. The van der Waals surface area contributed by atoms with Crippen LogP contribution in [0.3, 0.4) is 0 Å². The molecule has 172 valence electrons. The number of aryl methyl sites for hydroxylation is 2. The number of benzene rings is 3. The van der Waals surface area contributed by atoms with Crippen LogP contribution in [-0.4, -0.2) is 22.4 Å². The number of hydrogen-bond donors (Lipinski definition) is 3. The number of rotatable bonds is 4. The van der Waals surface area contributed by atoms with E-state index in [4.69, 9.17) is 11.6 Å². The number of carbonyl (C=O) groups is 3. The van der Waals surface area contributed by atoms with Gasteiger partial charge in [0.1, 0.15) is 5.69 Å². The van der Waals surface area contributed by atoms with Crippen molar-refractivity contribution in [3.8, 4) is 0 Å². The highest BCUT2D eigenvalue weighted by Crippen LogP contribution is 2.26. The van der Waals surface area contributed by atoms with E-state index >= 15 is 0 Å². The van der Waals surface area contributed by atoms with Gasteiger partial charge >= 0.3 is 11.8 Å². The molecule has 0 aliphatic carbocycles. The summed E-state index contributed by atoms with van der Waals surface area (Å²) < 4.78 is 1.99. The van der Waals surface area contributed by atoms with E-state index in [0.717, 1.165) is 11.1 Å². The first-order chi connectivity index (χ1) is 16.2. The molecular weight excluding hydrogens is 520 g/mol. The lowest BCUT2D eigenvalue weighted by Gasteiger charge is -2.13. The van der Waals surface area contributed by atoms with Crippen molar-refractivity contribution in [1.29, 1.82) is 0 Å². The maximum absolute atomic E-state index is 13.2. The first-order valence-electron chi connectivity index (χ1n) is 10.3. The second-order valence-electron chi connectivity index (χ2n) is 7.77. The zero-order chi connectivity index (χ0) is 24.4. The second-order valence-corrected chi connectivity index (χ2v) is 9.06. The van der Waals surface area contributed by atoms with Crippen LogP contribution in [0.5, 0.6) is 0 Å². The van der Waals surface area contributed by atoms with Gasteiger partial charge in [0.2, 0.25) is 0 Å². The van der Waals surface area contributed by atoms with Gasteiger partial charge in [0.15, 0.2) is 0 Å². The summed E-state index contributed by atoms with van der Waals surface area (Å²) in [6, 6.07) is 19.2. The van der Waals surface area contributed by atoms with E-state index in [0.29, 0.717) is 31.8 Å². The zero-order valence-electron chi connectivity index (χ0n) is 18.3. The average Bonchev–Trinajstić information content (AvgIpc) is 3.13. The highest BCUT2D eigenvalue weighted by Gasteiger charge is 2.21. The summed E-state index contributed by atoms with van der Waals surface area (Å²) >= 11 is 9.56. The SMILES string of the molecule is Cc1cccc(NC(=O)C(=O)Nn2c(C(=O)Nc3ccc(C)cc3Br)cc3cc(Cl)ccc32)c1. The summed E-state index contributed by atoms with van der Waals surface area (Å²) in [6.45, 7) is 3.82. The molecule has 34 heavy (non-hydrogen) atoms. The summed E-state index contributed by atoms with van der Waals surface area (Å²) in [5, 5.41) is 6.49. The number of aromatic nitrogens is 1. The van der Waals surface area contributed by atoms with Crippen LogP contribution < -0.4 is 16.1 Å². The lowest BCUT2D eigenvalue weighted by atomic mass is 10.2. The molecule has 0 atom stereocenters. The Hall–Kier alpha value is -3.62. The Bertz CT molecular complexity index is 1450. The molecule has 3 aromatic carbocycles. The second kappa shape index (κ2) is 9.70. The molecule has 0 bridgehead atoms. The predicted octanol–water partition coefficient (Wildman–Crippen LogP) is 5.64. The van der Waals surface area contributed by atoms with Crippen molar-refractivity contribution >= 4 is 67.5 Å². The number of nitrogens with zero attached hydrogens (tertiary/aromatic N) is 1. The largest absolute Gasteiger partial charge is 0.328 e. The van der Waals surface area contributed by atoms with Crippen molar-refractivity contribution in [3.05, 3.63) is 93.0 Å². The van der Waals surface area contributed by atoms with Crippen LogP contribution in [0, 0.1) is 13.8 Å². The van der Waals surface area contributed by atoms with Gasteiger partial charge in [-0.2, -0.15) is 0 Å². The van der Waals surface area contributed by atoms with Crippen molar-refractivity contribution in [2.24, 2.45) is 0 Å². The molecule has 9 heteroatoms. The van der Waals surface area contributed by atoms with E-state index in [1.54, 1.807) is 48.5 Å². The molecular formula is C25H20BrClN4O3. The predicted molar refractivity (Wildman–Crippen MR) is 138 cm³/mol. The molecule has 1 aromatic heterocycles. The smallest absolute Gasteiger partial charge is 0.320 e. The Balaban J connectivity index is 1.64. The molecule has 4 rings (SSSR count). The van der Waals surface area contributed by atoms with E-state index in [-0.39, 0.29) is 5.69 Å². The van der Waals surface area contributed by atoms with Gasteiger partial charge in [0.25, 0.3) is 5.91 Å². The van der Waals surface area contributed by atoms with E-state index in [1.807, 2.05) is 32.0 Å². The highest BCUT2D eigenvalue weighted by molar-refractivity contribution is 9.10. The Morgan fingerprint density at radius 2 is 1.62 bits per heavy atom. The molecule has 0 aliphatic rings. The Morgan fingerprint density at radius 3 is 2.35 bits per heavy atom. The van der Waals surface area contributed by atoms with E-state index < -0.39 is 17.7 Å². The van der Waals surface area contributed by atoms with Gasteiger partial charge in [0, 0.05) is 20.6 Å². The topological polar surface area (TPSA) is 92.2 Å². The molecule has 3 N–H and O–H groups in total. The molecule has 0 spiro atoms. The monoisotopic (exact) mass is 538 g/mol. The van der Waals surface area contributed by atoms with Crippen molar-refractivity contribution in [2.75, 3.05) is 16.1 Å². The van der Waals surface area contributed by atoms with Gasteiger partial charge in [-0.1, -0.05) is 29.8 Å². The fourth-order valence-corrected chi connectivity index (χ4v) is 4.22. The maximum Gasteiger partial charge on any atom is 0.328 e. The molecule has 3 amide bonds. The third-order valence-corrected chi connectivity index (χ3v) is 5.96. The number of carbonyl (C=O) groups excluding carboxylic acids is 3. The van der Waals surface area contributed by atoms with Crippen molar-refractivity contribution in [1.82, 2.24) is 4.68 Å². The number of anilines is 2. The van der Waals surface area contributed by atoms with Crippen LogP contribution in [0.4, 0.5) is 11.4 Å². The number of amides is 3. The van der Waals surface area contributed by atoms with E-state index in [1.165, 1.54) is 4.68 Å². The molecule has 0 unspecified atom stereocenters. The lowest BCUT2D eigenvalue weighted by molar-refractivity contribution is -0.133. The van der Waals surface area contributed by atoms with Crippen LogP contribution in [-0.2, 0) is 9.59 Å². The fraction of sp³-hybridized carbons (Fsp3) is 0.0800. The molecule has 4 aromatic rings. The molecule has 0 fully saturated rings. The fourth-order valence-electron chi connectivity index (χ4n) is 3.44. The third-order valence-electron chi connectivity index (χ3n) is 5.06. The number of fused-ring (bicyclic) bond motifs is 1. The summed E-state index contributed by atoms with van der Waals surface area (Å²) in [5.74, 6) is -2.27. The van der Waals surface area contributed by atoms with Crippen molar-refractivity contribution < 1.29 is 14.4 Å². The number of halogens is 2. The Kier molecular flexibility index (Phi) is 6.72. The minimum atomic E-state index is -0.931. The third kappa shape index (κ3) is 5.13. The van der Waals surface area contributed by atoms with Gasteiger partial charge in [-0.05, 0) is 89.4 Å². The highest BCUT2D eigenvalue weighted by atomic mass is 79.9. The maximum atomic E-state index is 13.2. The van der Waals surface area contributed by atoms with Gasteiger partial charge in [-0.25, -0.2) is 4.68 Å². The summed E-state index contributed by atoms with van der Waals surface area (Å²) in [4.78, 5) is 38.4. The number of nitrogens with one attached hydrogen (secondary N) is 3. The van der Waals surface area contributed by atoms with Crippen LogP contribution in [0.15, 0.2) is 71.2 Å². The number of hydrogen-bond acceptors (Lipinski definition) is 3. The summed E-state index contributed by atoms with van der Waals surface area (Å²) in [5.41, 5.74) is 6.18. The molecule has 0 saturated heterocycles. The van der Waals surface area contributed by atoms with Crippen molar-refractivity contribution in [3.63, 3.8) is 0 Å². The summed E-state index contributed by atoms with van der Waals surface area (Å²) in [6.07, 6.45) is 0. The van der Waals surface area contributed by atoms with E-state index in [2.05, 4.69) is 32.0 Å². The van der Waals surface area contributed by atoms with Gasteiger partial charge in [0.05, 0.1) is 11.2 Å². The van der Waals surface area contributed by atoms with Crippen molar-refractivity contribution in [2.45, 2.75) is 13.8 Å². The molecule has 0 radical (unpaired) electrons. The van der Waals surface area contributed by atoms with Gasteiger partial charge < -0.3 is 10.6 Å². The quantitative estimate of drug-likeness (QED) is 0.293. The normalized spacial score (nSPS) is 10.7. The van der Waals surface area contributed by atoms with Crippen LogP contribution in [0.2, 0.25) is 5.02 Å². The van der Waals surface area contributed by atoms with Crippen LogP contribution in [0.25, 0.3) is 10.9 Å². The zero-order valence-corrected chi connectivity index (χ0v) is 20.6. The molecule has 1 heterocycles. The molecule has 0 saturated carbocycles.